The minimum Gasteiger partial charge on any atom is -0.330 e. The lowest BCUT2D eigenvalue weighted by molar-refractivity contribution is -0.644. The molecule has 0 aromatic rings. The summed E-state index contributed by atoms with van der Waals surface area (Å²) in [6.45, 7) is 0.854. The van der Waals surface area contributed by atoms with Gasteiger partial charge in [0, 0.05) is 17.8 Å². The summed E-state index contributed by atoms with van der Waals surface area (Å²) in [7, 11) is 0. The maximum atomic E-state index is 13.7. The van der Waals surface area contributed by atoms with Gasteiger partial charge in [0.15, 0.2) is 0 Å². The lowest BCUT2D eigenvalue weighted by atomic mass is 8.95. The van der Waals surface area contributed by atoms with Gasteiger partial charge in [0.1, 0.15) is 5.67 Å². The fraction of sp³-hybridized carbons (Fsp3) is 1.00. The zero-order valence-electron chi connectivity index (χ0n) is 6.13. The van der Waals surface area contributed by atoms with Gasteiger partial charge in [0.2, 0.25) is 0 Å². The number of alkyl halides is 1. The van der Waals surface area contributed by atoms with Crippen LogP contribution in [0.25, 0.3) is 0 Å². The van der Waals surface area contributed by atoms with Crippen LogP contribution in [0.1, 0.15) is 0 Å². The lowest BCUT2D eigenvalue weighted by Crippen LogP contribution is -3.12. The first-order valence-corrected chi connectivity index (χ1v) is 4.68. The third-order valence-electron chi connectivity index (χ3n) is 6.07. The molecule has 1 nitrogen and oxygen atoms in total. The van der Waals surface area contributed by atoms with Gasteiger partial charge in [-0.15, -0.1) is 0 Å². The average molecular weight is 151 g/mol. The van der Waals surface area contributed by atoms with Crippen molar-refractivity contribution < 1.29 is 4.39 Å². The Kier molecular flexibility index (Phi) is 0.358. The largest absolute Gasteiger partial charge is 0.330 e. The van der Waals surface area contributed by atoms with Gasteiger partial charge in [-0.05, 0) is 29.7 Å². The van der Waals surface area contributed by atoms with Crippen LogP contribution >= 0.6 is 0 Å². The Morgan fingerprint density at radius 1 is 1.00 bits per heavy atom. The molecule has 11 heavy (non-hydrogen) atoms. The van der Waals surface area contributed by atoms with E-state index in [0.717, 1.165) is 24.3 Å². The molecule has 6 rings (SSSR count). The zero-order chi connectivity index (χ0) is 7.17. The van der Waals surface area contributed by atoms with E-state index in [9.17, 15) is 4.39 Å². The SMILES string of the molecule is NCC12C3C4C1C1C2C3C41F. The first kappa shape index (κ1) is 4.80. The Balaban J connectivity index is 1.76. The summed E-state index contributed by atoms with van der Waals surface area (Å²) in [4.78, 5) is 0. The van der Waals surface area contributed by atoms with Crippen molar-refractivity contribution in [2.75, 3.05) is 6.54 Å². The molecule has 0 aromatic heterocycles. The van der Waals surface area contributed by atoms with Gasteiger partial charge in [0.05, 0.1) is 0 Å². The molecule has 2 N–H and O–H groups in total. The highest BCUT2D eigenvalue weighted by Crippen LogP contribution is 3.07. The molecule has 2 heteroatoms. The van der Waals surface area contributed by atoms with Crippen LogP contribution in [0.3, 0.4) is 0 Å². The van der Waals surface area contributed by atoms with E-state index < -0.39 is 5.67 Å². The minimum atomic E-state index is -0.614. The second-order valence-electron chi connectivity index (χ2n) is 5.30. The highest BCUT2D eigenvalue weighted by molar-refractivity contribution is 5.56. The number of hydrogen-bond donors (Lipinski definition) is 1. The lowest BCUT2D eigenvalue weighted by Gasteiger charge is -3.09. The standard InChI is InChI=1S/C9H10FN/c10-9-5-2-6(9)4-7(9)3(5)8(2,4)1-11/h2-7H,1,11H2. The summed E-state index contributed by atoms with van der Waals surface area (Å²) in [6.07, 6.45) is 0. The molecule has 58 valence electrons. The van der Waals surface area contributed by atoms with E-state index in [-0.39, 0.29) is 0 Å². The predicted molar refractivity (Wildman–Crippen MR) is 36.3 cm³/mol. The molecule has 6 aliphatic rings. The van der Waals surface area contributed by atoms with Crippen molar-refractivity contribution in [3.05, 3.63) is 0 Å². The second kappa shape index (κ2) is 0.819. The second-order valence-corrected chi connectivity index (χ2v) is 5.30. The van der Waals surface area contributed by atoms with Gasteiger partial charge < -0.3 is 5.73 Å². The maximum Gasteiger partial charge on any atom is 0.121 e. The number of halogens is 1. The monoisotopic (exact) mass is 151 g/mol. The third-order valence-corrected chi connectivity index (χ3v) is 6.07. The fourth-order valence-corrected chi connectivity index (χ4v) is 6.03. The van der Waals surface area contributed by atoms with Crippen LogP contribution in [-0.2, 0) is 0 Å². The van der Waals surface area contributed by atoms with Crippen molar-refractivity contribution in [2.45, 2.75) is 5.67 Å². The van der Waals surface area contributed by atoms with Crippen LogP contribution in [0.15, 0.2) is 0 Å². The number of hydrogen-bond acceptors (Lipinski definition) is 1. The Hall–Kier alpha value is -0.110. The van der Waals surface area contributed by atoms with Crippen molar-refractivity contribution in [1.29, 1.82) is 0 Å². The van der Waals surface area contributed by atoms with E-state index in [1.54, 1.807) is 0 Å². The van der Waals surface area contributed by atoms with Crippen molar-refractivity contribution in [3.8, 4) is 0 Å². The van der Waals surface area contributed by atoms with E-state index >= 15 is 0 Å². The van der Waals surface area contributed by atoms with Crippen molar-refractivity contribution in [3.63, 3.8) is 0 Å². The molecule has 0 radical (unpaired) electrons. The van der Waals surface area contributed by atoms with Crippen LogP contribution in [-0.4, -0.2) is 12.2 Å². The maximum absolute atomic E-state index is 13.7. The highest BCUT2D eigenvalue weighted by atomic mass is 19.1. The van der Waals surface area contributed by atoms with Gasteiger partial charge in [-0.2, -0.15) is 0 Å². The summed E-state index contributed by atoms with van der Waals surface area (Å²) in [5, 5.41) is 0. The molecular formula is C9H10FN. The van der Waals surface area contributed by atoms with Gasteiger partial charge in [-0.1, -0.05) is 0 Å². The summed E-state index contributed by atoms with van der Waals surface area (Å²) >= 11 is 0. The van der Waals surface area contributed by atoms with Crippen molar-refractivity contribution in [1.82, 2.24) is 0 Å². The van der Waals surface area contributed by atoms with Crippen LogP contribution in [0, 0.1) is 40.9 Å². The van der Waals surface area contributed by atoms with Gasteiger partial charge in [0.25, 0.3) is 0 Å². The van der Waals surface area contributed by atoms with E-state index in [4.69, 9.17) is 5.73 Å². The van der Waals surface area contributed by atoms with Crippen LogP contribution in [0.2, 0.25) is 0 Å². The van der Waals surface area contributed by atoms with Gasteiger partial charge in [-0.25, -0.2) is 4.39 Å². The zero-order valence-corrected chi connectivity index (χ0v) is 6.13. The summed E-state index contributed by atoms with van der Waals surface area (Å²) in [5.74, 6) is 3.80. The molecule has 0 heterocycles. The highest BCUT2D eigenvalue weighted by Gasteiger charge is 3.10. The predicted octanol–water partition coefficient (Wildman–Crippen LogP) is 0.405. The minimum absolute atomic E-state index is 0.506. The first-order valence-electron chi connectivity index (χ1n) is 4.68. The normalized spacial score (nSPS) is 95.5. The van der Waals surface area contributed by atoms with Crippen molar-refractivity contribution in [2.24, 2.45) is 46.7 Å². The van der Waals surface area contributed by atoms with Crippen LogP contribution in [0.5, 0.6) is 0 Å². The molecule has 6 fully saturated rings. The van der Waals surface area contributed by atoms with E-state index in [0.29, 0.717) is 23.2 Å². The summed E-state index contributed by atoms with van der Waals surface area (Å²) < 4.78 is 13.7. The van der Waals surface area contributed by atoms with Crippen molar-refractivity contribution >= 4 is 0 Å². The molecule has 0 unspecified atom stereocenters. The van der Waals surface area contributed by atoms with E-state index in [1.807, 2.05) is 0 Å². The van der Waals surface area contributed by atoms with Crippen LogP contribution in [0.4, 0.5) is 4.39 Å². The smallest absolute Gasteiger partial charge is 0.121 e. The molecule has 6 saturated carbocycles. The van der Waals surface area contributed by atoms with Gasteiger partial charge >= 0.3 is 0 Å². The molecule has 0 aliphatic heterocycles. The fourth-order valence-electron chi connectivity index (χ4n) is 6.03. The Bertz CT molecular complexity index is 257. The number of nitrogens with two attached hydrogens (primary N) is 1. The Morgan fingerprint density at radius 3 is 1.82 bits per heavy atom. The Labute approximate surface area is 64.1 Å². The quantitative estimate of drug-likeness (QED) is 0.577. The Morgan fingerprint density at radius 2 is 1.45 bits per heavy atom. The topological polar surface area (TPSA) is 26.0 Å². The molecule has 6 aliphatic carbocycles. The number of rotatable bonds is 1. The third kappa shape index (κ3) is 0.156. The molecule has 0 atom stereocenters. The first-order chi connectivity index (χ1) is 5.29. The average Bonchev–Trinajstić information content (AvgIpc) is 2.06. The van der Waals surface area contributed by atoms with Gasteiger partial charge in [-0.3, -0.25) is 0 Å². The molecule has 0 aromatic carbocycles. The van der Waals surface area contributed by atoms with E-state index in [2.05, 4.69) is 0 Å². The molecule has 0 spiro atoms. The molecule has 0 bridgehead atoms. The van der Waals surface area contributed by atoms with E-state index in [1.165, 1.54) is 0 Å². The summed E-state index contributed by atoms with van der Waals surface area (Å²) in [5.41, 5.74) is 5.65. The molecule has 0 saturated heterocycles. The molecule has 0 amide bonds. The molecular weight excluding hydrogens is 141 g/mol. The van der Waals surface area contributed by atoms with Crippen LogP contribution < -0.4 is 5.73 Å². The summed E-state index contributed by atoms with van der Waals surface area (Å²) in [6, 6.07) is 0.